The van der Waals surface area contributed by atoms with E-state index >= 15 is 0 Å². The van der Waals surface area contributed by atoms with Crippen molar-refractivity contribution >= 4 is 56.9 Å². The summed E-state index contributed by atoms with van der Waals surface area (Å²) >= 11 is 5.41. The number of nitrogens with zero attached hydrogens (tertiary/aromatic N) is 1. The first-order valence-electron chi connectivity index (χ1n) is 6.20. The molecule has 6 heteroatoms. The summed E-state index contributed by atoms with van der Waals surface area (Å²) in [5, 5.41) is 7.85. The second kappa shape index (κ2) is 6.25. The summed E-state index contributed by atoms with van der Waals surface area (Å²) in [5.41, 5.74) is 3.52. The van der Waals surface area contributed by atoms with E-state index in [-0.39, 0.29) is 5.91 Å². The number of rotatable bonds is 3. The zero-order chi connectivity index (χ0) is 14.8. The monoisotopic (exact) mass is 426 g/mol. The van der Waals surface area contributed by atoms with Gasteiger partial charge in [0.25, 0.3) is 5.91 Å². The number of carbonyl (C=O) groups excluding carboxylic acids is 1. The smallest absolute Gasteiger partial charge is 0.256 e. The van der Waals surface area contributed by atoms with E-state index in [1.165, 1.54) is 0 Å². The molecule has 0 bridgehead atoms. The number of nitrogens with one attached hydrogen (secondary N) is 1. The number of hydrogen-bond acceptors (Lipinski definition) is 4. The van der Waals surface area contributed by atoms with Crippen LogP contribution in [0.3, 0.4) is 0 Å². The molecule has 3 rings (SSSR count). The van der Waals surface area contributed by atoms with E-state index in [2.05, 4.69) is 32.9 Å². The lowest BCUT2D eigenvalue weighted by molar-refractivity contribution is 0.102. The Hall–Kier alpha value is -1.25. The van der Waals surface area contributed by atoms with Crippen molar-refractivity contribution in [2.75, 3.05) is 5.32 Å². The van der Waals surface area contributed by atoms with Crippen LogP contribution in [-0.4, -0.2) is 10.9 Å². The zero-order valence-corrected chi connectivity index (χ0v) is 14.9. The number of carbonyl (C=O) groups is 1. The Morgan fingerprint density at radius 2 is 1.95 bits per heavy atom. The van der Waals surface area contributed by atoms with Crippen molar-refractivity contribution in [3.63, 3.8) is 0 Å². The Bertz CT molecular complexity index is 777. The maximum Gasteiger partial charge on any atom is 0.256 e. The molecule has 2 aromatic heterocycles. The number of hydrogen-bond donors (Lipinski definition) is 1. The lowest BCUT2D eigenvalue weighted by Crippen LogP contribution is -2.10. The molecule has 0 spiro atoms. The van der Waals surface area contributed by atoms with Crippen LogP contribution in [0.25, 0.3) is 11.3 Å². The van der Waals surface area contributed by atoms with Gasteiger partial charge in [-0.1, -0.05) is 12.1 Å². The number of amides is 1. The van der Waals surface area contributed by atoms with Gasteiger partial charge in [0.15, 0.2) is 0 Å². The molecule has 2 heterocycles. The van der Waals surface area contributed by atoms with Crippen LogP contribution < -0.4 is 5.32 Å². The van der Waals surface area contributed by atoms with Gasteiger partial charge in [-0.15, -0.1) is 22.7 Å². The second-order valence-corrected chi connectivity index (χ2v) is 8.29. The van der Waals surface area contributed by atoms with Crippen LogP contribution >= 0.6 is 45.3 Å². The van der Waals surface area contributed by atoms with Crippen molar-refractivity contribution in [2.24, 2.45) is 0 Å². The van der Waals surface area contributed by atoms with E-state index in [1.54, 1.807) is 22.7 Å². The third-order valence-electron chi connectivity index (χ3n) is 2.89. The van der Waals surface area contributed by atoms with Crippen molar-refractivity contribution in [1.29, 1.82) is 0 Å². The third-order valence-corrected chi connectivity index (χ3v) is 5.45. The molecule has 1 amide bonds. The quantitative estimate of drug-likeness (QED) is 0.597. The van der Waals surface area contributed by atoms with Gasteiger partial charge in [-0.3, -0.25) is 4.79 Å². The topological polar surface area (TPSA) is 42.0 Å². The van der Waals surface area contributed by atoms with Gasteiger partial charge >= 0.3 is 0 Å². The molecule has 1 N–H and O–H groups in total. The Morgan fingerprint density at radius 1 is 1.19 bits per heavy atom. The van der Waals surface area contributed by atoms with Crippen LogP contribution in [0.15, 0.2) is 41.1 Å². The zero-order valence-electron chi connectivity index (χ0n) is 11.1. The van der Waals surface area contributed by atoms with Crippen molar-refractivity contribution in [3.8, 4) is 11.3 Å². The summed E-state index contributed by atoms with van der Waals surface area (Å²) in [5.74, 6) is -0.0774. The molecule has 0 unspecified atom stereocenters. The average molecular weight is 426 g/mol. The number of anilines is 1. The van der Waals surface area contributed by atoms with Gasteiger partial charge in [-0.25, -0.2) is 4.98 Å². The Morgan fingerprint density at radius 3 is 2.52 bits per heavy atom. The lowest BCUT2D eigenvalue weighted by atomic mass is 10.1. The number of aromatic nitrogens is 1. The number of benzene rings is 1. The maximum atomic E-state index is 12.1. The molecular formula is C15H11IN2OS2. The standard InChI is InChI=1S/C15H11IN2OS2/c1-9-17-13(8-20-9)10-2-4-12(5-3-10)18-15(19)11-6-14(16)21-7-11/h2-8H,1H3,(H,18,19). The van der Waals surface area contributed by atoms with E-state index in [0.717, 1.165) is 24.8 Å². The first kappa shape index (κ1) is 14.7. The normalized spacial score (nSPS) is 10.6. The fraction of sp³-hybridized carbons (Fsp3) is 0.0667. The molecule has 0 atom stereocenters. The predicted molar refractivity (Wildman–Crippen MR) is 97.3 cm³/mol. The van der Waals surface area contributed by atoms with Crippen LogP contribution in [0.4, 0.5) is 5.69 Å². The first-order valence-corrected chi connectivity index (χ1v) is 9.03. The van der Waals surface area contributed by atoms with Gasteiger partial charge in [0.1, 0.15) is 0 Å². The van der Waals surface area contributed by atoms with E-state index in [0.29, 0.717) is 5.56 Å². The molecule has 0 radical (unpaired) electrons. The van der Waals surface area contributed by atoms with Gasteiger partial charge in [-0.05, 0) is 47.7 Å². The van der Waals surface area contributed by atoms with Crippen LogP contribution in [0.1, 0.15) is 15.4 Å². The summed E-state index contributed by atoms with van der Waals surface area (Å²) in [6.07, 6.45) is 0. The maximum absolute atomic E-state index is 12.1. The highest BCUT2D eigenvalue weighted by Gasteiger charge is 2.08. The second-order valence-electron chi connectivity index (χ2n) is 4.42. The summed E-state index contributed by atoms with van der Waals surface area (Å²) in [6, 6.07) is 9.63. The highest BCUT2D eigenvalue weighted by atomic mass is 127. The molecule has 0 aliphatic carbocycles. The molecule has 0 fully saturated rings. The van der Waals surface area contributed by atoms with Crippen molar-refractivity contribution in [2.45, 2.75) is 6.92 Å². The summed E-state index contributed by atoms with van der Waals surface area (Å²) in [6.45, 7) is 1.99. The summed E-state index contributed by atoms with van der Waals surface area (Å²) in [7, 11) is 0. The van der Waals surface area contributed by atoms with Crippen LogP contribution in [0.2, 0.25) is 0 Å². The predicted octanol–water partition coefficient (Wildman–Crippen LogP) is 5.04. The molecule has 0 saturated carbocycles. The molecule has 3 aromatic rings. The molecule has 3 nitrogen and oxygen atoms in total. The molecule has 0 aliphatic heterocycles. The molecule has 0 aliphatic rings. The van der Waals surface area contributed by atoms with Gasteiger partial charge in [0.2, 0.25) is 0 Å². The van der Waals surface area contributed by atoms with E-state index in [1.807, 2.05) is 48.0 Å². The number of halogens is 1. The Labute approximate surface area is 144 Å². The van der Waals surface area contributed by atoms with Crippen molar-refractivity contribution < 1.29 is 4.79 Å². The third kappa shape index (κ3) is 3.50. The largest absolute Gasteiger partial charge is 0.322 e. The number of thiazole rings is 1. The highest BCUT2D eigenvalue weighted by Crippen LogP contribution is 2.23. The Balaban J connectivity index is 1.74. The highest BCUT2D eigenvalue weighted by molar-refractivity contribution is 14.1. The van der Waals surface area contributed by atoms with Crippen LogP contribution in [-0.2, 0) is 0 Å². The van der Waals surface area contributed by atoms with E-state index in [4.69, 9.17) is 0 Å². The van der Waals surface area contributed by atoms with E-state index < -0.39 is 0 Å². The molecule has 0 saturated heterocycles. The fourth-order valence-corrected chi connectivity index (χ4v) is 3.80. The van der Waals surface area contributed by atoms with Gasteiger partial charge < -0.3 is 5.32 Å². The number of aryl methyl sites for hydroxylation is 1. The molecular weight excluding hydrogens is 415 g/mol. The minimum atomic E-state index is -0.0774. The lowest BCUT2D eigenvalue weighted by Gasteiger charge is -2.04. The molecule has 106 valence electrons. The van der Waals surface area contributed by atoms with Crippen molar-refractivity contribution in [1.82, 2.24) is 4.98 Å². The Kier molecular flexibility index (Phi) is 4.37. The van der Waals surface area contributed by atoms with Crippen LogP contribution in [0.5, 0.6) is 0 Å². The van der Waals surface area contributed by atoms with Gasteiger partial charge in [0, 0.05) is 22.0 Å². The molecule has 1 aromatic carbocycles. The fourth-order valence-electron chi connectivity index (χ4n) is 1.85. The first-order chi connectivity index (χ1) is 10.1. The van der Waals surface area contributed by atoms with Gasteiger partial charge in [-0.2, -0.15) is 0 Å². The summed E-state index contributed by atoms with van der Waals surface area (Å²) < 4.78 is 1.10. The molecule has 21 heavy (non-hydrogen) atoms. The van der Waals surface area contributed by atoms with E-state index in [9.17, 15) is 4.79 Å². The minimum absolute atomic E-state index is 0.0774. The summed E-state index contributed by atoms with van der Waals surface area (Å²) in [4.78, 5) is 16.5. The minimum Gasteiger partial charge on any atom is -0.322 e. The number of thiophene rings is 1. The van der Waals surface area contributed by atoms with Crippen LogP contribution in [0, 0.1) is 9.81 Å². The van der Waals surface area contributed by atoms with Crippen molar-refractivity contribution in [3.05, 3.63) is 54.5 Å². The van der Waals surface area contributed by atoms with Gasteiger partial charge in [0.05, 0.1) is 19.1 Å². The SMILES string of the molecule is Cc1nc(-c2ccc(NC(=O)c3csc(I)c3)cc2)cs1. The average Bonchev–Trinajstić information content (AvgIpc) is 3.08.